The van der Waals surface area contributed by atoms with Crippen molar-refractivity contribution >= 4 is 81.1 Å². The Balaban J connectivity index is 1.01. The number of hydrogen-bond acceptors (Lipinski definition) is 2. The van der Waals surface area contributed by atoms with Crippen LogP contribution in [-0.4, -0.2) is 4.57 Å². The molecule has 0 fully saturated rings. The summed E-state index contributed by atoms with van der Waals surface area (Å²) in [5.74, 6) is 0. The Morgan fingerprint density at radius 3 is 1.76 bits per heavy atom. The molecule has 0 aliphatic heterocycles. The number of thiophene rings is 1. The molecule has 0 aliphatic carbocycles. The van der Waals surface area contributed by atoms with Crippen LogP contribution in [-0.2, 0) is 0 Å². The summed E-state index contributed by atoms with van der Waals surface area (Å²) in [5, 5.41) is 7.59. The van der Waals surface area contributed by atoms with Gasteiger partial charge in [-0.15, -0.1) is 11.3 Å². The van der Waals surface area contributed by atoms with Crippen molar-refractivity contribution in [3.05, 3.63) is 206 Å². The first-order chi connectivity index (χ1) is 27.3. The van der Waals surface area contributed by atoms with Crippen LogP contribution in [0.4, 0.5) is 17.1 Å². The van der Waals surface area contributed by atoms with Gasteiger partial charge in [0.25, 0.3) is 0 Å². The molecule has 0 spiro atoms. The molecule has 11 aromatic rings. The molecule has 0 unspecified atom stereocenters. The molecule has 0 bridgehead atoms. The van der Waals surface area contributed by atoms with Crippen LogP contribution in [0.2, 0.25) is 0 Å². The minimum absolute atomic E-state index is 1.12. The molecule has 2 nitrogen and oxygen atoms in total. The molecule has 11 rings (SSSR count). The molecule has 0 saturated heterocycles. The third kappa shape index (κ3) is 5.32. The van der Waals surface area contributed by atoms with Crippen molar-refractivity contribution in [2.45, 2.75) is 0 Å². The topological polar surface area (TPSA) is 8.17 Å². The molecule has 258 valence electrons. The van der Waals surface area contributed by atoms with Crippen LogP contribution in [0.1, 0.15) is 0 Å². The molecular formula is C52H34N2S. The van der Waals surface area contributed by atoms with E-state index in [0.717, 1.165) is 17.1 Å². The molecule has 0 amide bonds. The van der Waals surface area contributed by atoms with Crippen LogP contribution in [0.25, 0.3) is 80.7 Å². The van der Waals surface area contributed by atoms with Gasteiger partial charge in [-0.05, 0) is 100 Å². The van der Waals surface area contributed by atoms with Crippen LogP contribution >= 0.6 is 11.3 Å². The van der Waals surface area contributed by atoms with Gasteiger partial charge in [-0.3, -0.25) is 0 Å². The second-order valence-electron chi connectivity index (χ2n) is 14.2. The summed E-state index contributed by atoms with van der Waals surface area (Å²) in [6.45, 7) is 0. The Kier molecular flexibility index (Phi) is 7.39. The van der Waals surface area contributed by atoms with E-state index >= 15 is 0 Å². The fraction of sp³-hybridized carbons (Fsp3) is 0. The third-order valence-corrected chi connectivity index (χ3v) is 12.1. The van der Waals surface area contributed by atoms with E-state index in [0.29, 0.717) is 0 Å². The smallest absolute Gasteiger partial charge is 0.0541 e. The standard InChI is InChI=1S/C52H34N2S/c1-2-13-38-33-41(29-26-35(38)12-1)53(42-30-31-52-47(34-42)46-19-6-10-23-51(46)55-52)40-27-24-36(25-28-40)37-14-11-15-39(32-37)43-16-3-7-20-48(43)54-49-21-8-4-17-44(49)45-18-5-9-22-50(45)54/h1-34H. The van der Waals surface area contributed by atoms with Crippen molar-refractivity contribution in [3.63, 3.8) is 0 Å². The zero-order valence-electron chi connectivity index (χ0n) is 29.9. The summed E-state index contributed by atoms with van der Waals surface area (Å²) in [7, 11) is 0. The van der Waals surface area contributed by atoms with Crippen molar-refractivity contribution in [3.8, 4) is 27.9 Å². The van der Waals surface area contributed by atoms with Gasteiger partial charge in [0.05, 0.1) is 16.7 Å². The first kappa shape index (κ1) is 31.6. The van der Waals surface area contributed by atoms with Crippen molar-refractivity contribution in [2.24, 2.45) is 0 Å². The van der Waals surface area contributed by atoms with Gasteiger partial charge in [-0.25, -0.2) is 0 Å². The third-order valence-electron chi connectivity index (χ3n) is 11.0. The number of hydrogen-bond donors (Lipinski definition) is 0. The van der Waals surface area contributed by atoms with Gasteiger partial charge in [-0.2, -0.15) is 0 Å². The average molecular weight is 719 g/mol. The molecule has 0 saturated carbocycles. The van der Waals surface area contributed by atoms with Gasteiger partial charge >= 0.3 is 0 Å². The Labute approximate surface area is 323 Å². The lowest BCUT2D eigenvalue weighted by Gasteiger charge is -2.26. The van der Waals surface area contributed by atoms with Crippen molar-refractivity contribution < 1.29 is 0 Å². The molecule has 0 N–H and O–H groups in total. The quantitative estimate of drug-likeness (QED) is 0.166. The number of fused-ring (bicyclic) bond motifs is 7. The summed E-state index contributed by atoms with van der Waals surface area (Å²) in [5.41, 5.74) is 11.7. The highest BCUT2D eigenvalue weighted by Gasteiger charge is 2.18. The maximum Gasteiger partial charge on any atom is 0.0541 e. The predicted molar refractivity (Wildman–Crippen MR) is 237 cm³/mol. The highest BCUT2D eigenvalue weighted by atomic mass is 32.1. The summed E-state index contributed by atoms with van der Waals surface area (Å²) in [6, 6.07) is 75.2. The van der Waals surface area contributed by atoms with E-state index in [1.54, 1.807) is 0 Å². The van der Waals surface area contributed by atoms with Gasteiger partial charge in [-0.1, -0.05) is 133 Å². The van der Waals surface area contributed by atoms with E-state index in [9.17, 15) is 0 Å². The predicted octanol–water partition coefficient (Wildman–Crippen LogP) is 15.1. The maximum atomic E-state index is 2.42. The van der Waals surface area contributed by atoms with Crippen LogP contribution in [0, 0.1) is 0 Å². The Morgan fingerprint density at radius 2 is 0.945 bits per heavy atom. The largest absolute Gasteiger partial charge is 0.310 e. The first-order valence-corrected chi connectivity index (χ1v) is 19.6. The zero-order chi connectivity index (χ0) is 36.3. The van der Waals surface area contributed by atoms with E-state index in [2.05, 4.69) is 216 Å². The van der Waals surface area contributed by atoms with E-state index in [1.165, 1.54) is 80.7 Å². The molecular weight excluding hydrogens is 685 g/mol. The number of nitrogens with zero attached hydrogens (tertiary/aromatic N) is 2. The summed E-state index contributed by atoms with van der Waals surface area (Å²) < 4.78 is 5.04. The van der Waals surface area contributed by atoms with E-state index < -0.39 is 0 Å². The number of rotatable bonds is 6. The average Bonchev–Trinajstić information content (AvgIpc) is 3.80. The summed E-state index contributed by atoms with van der Waals surface area (Å²) in [6.07, 6.45) is 0. The van der Waals surface area contributed by atoms with Gasteiger partial charge in [0.2, 0.25) is 0 Å². The number of para-hydroxylation sites is 3. The lowest BCUT2D eigenvalue weighted by atomic mass is 9.97. The molecule has 0 atom stereocenters. The molecule has 9 aromatic carbocycles. The Hall–Kier alpha value is -6.94. The van der Waals surface area contributed by atoms with Crippen molar-refractivity contribution in [2.75, 3.05) is 4.90 Å². The monoisotopic (exact) mass is 718 g/mol. The zero-order valence-corrected chi connectivity index (χ0v) is 30.7. The lowest BCUT2D eigenvalue weighted by molar-refractivity contribution is 1.18. The highest BCUT2D eigenvalue weighted by molar-refractivity contribution is 7.25. The van der Waals surface area contributed by atoms with Crippen LogP contribution in [0.5, 0.6) is 0 Å². The molecule has 3 heteroatoms. The minimum atomic E-state index is 1.12. The fourth-order valence-corrected chi connectivity index (χ4v) is 9.47. The van der Waals surface area contributed by atoms with Crippen LogP contribution in [0.3, 0.4) is 0 Å². The lowest BCUT2D eigenvalue weighted by Crippen LogP contribution is -2.09. The van der Waals surface area contributed by atoms with E-state index in [1.807, 2.05) is 11.3 Å². The maximum absolute atomic E-state index is 2.42. The fourth-order valence-electron chi connectivity index (χ4n) is 8.38. The van der Waals surface area contributed by atoms with Crippen LogP contribution in [0.15, 0.2) is 206 Å². The van der Waals surface area contributed by atoms with Gasteiger partial charge in [0, 0.05) is 53.6 Å². The number of anilines is 3. The van der Waals surface area contributed by atoms with Gasteiger partial charge < -0.3 is 9.47 Å². The summed E-state index contributed by atoms with van der Waals surface area (Å²) >= 11 is 1.86. The Morgan fingerprint density at radius 1 is 0.345 bits per heavy atom. The van der Waals surface area contributed by atoms with Gasteiger partial charge in [0.15, 0.2) is 0 Å². The molecule has 55 heavy (non-hydrogen) atoms. The van der Waals surface area contributed by atoms with Crippen molar-refractivity contribution in [1.82, 2.24) is 4.57 Å². The SMILES string of the molecule is c1cc(-c2ccc(N(c3ccc4ccccc4c3)c3ccc4sc5ccccc5c4c3)cc2)cc(-c2ccccc2-n2c3ccccc3c3ccccc32)c1. The molecule has 2 heterocycles. The molecule has 2 aromatic heterocycles. The first-order valence-electron chi connectivity index (χ1n) is 18.8. The number of benzene rings is 9. The normalized spacial score (nSPS) is 11.6. The Bertz CT molecular complexity index is 3170. The number of aromatic nitrogens is 1. The van der Waals surface area contributed by atoms with Crippen molar-refractivity contribution in [1.29, 1.82) is 0 Å². The van der Waals surface area contributed by atoms with E-state index in [-0.39, 0.29) is 0 Å². The molecule has 0 aliphatic rings. The second-order valence-corrected chi connectivity index (χ2v) is 15.2. The van der Waals surface area contributed by atoms with Crippen LogP contribution < -0.4 is 4.90 Å². The molecule has 0 radical (unpaired) electrons. The summed E-state index contributed by atoms with van der Waals surface area (Å²) in [4.78, 5) is 2.39. The van der Waals surface area contributed by atoms with E-state index in [4.69, 9.17) is 0 Å². The second kappa shape index (κ2) is 12.9. The van der Waals surface area contributed by atoms with Gasteiger partial charge in [0.1, 0.15) is 0 Å². The highest BCUT2D eigenvalue weighted by Crippen LogP contribution is 2.42. The minimum Gasteiger partial charge on any atom is -0.310 e.